The molecule has 0 saturated heterocycles. The van der Waals surface area contributed by atoms with Crippen LogP contribution in [0.4, 0.5) is 8.78 Å². The molecule has 0 aliphatic heterocycles. The fourth-order valence-electron chi connectivity index (χ4n) is 5.88. The number of hydrogen-bond acceptors (Lipinski definition) is 1. The molecule has 0 aromatic rings. The van der Waals surface area contributed by atoms with Crippen molar-refractivity contribution in [1.82, 2.24) is 0 Å². The Labute approximate surface area is 153 Å². The highest BCUT2D eigenvalue weighted by Gasteiger charge is 2.43. The molecular formula is C22H38F2O. The summed E-state index contributed by atoms with van der Waals surface area (Å²) in [6.45, 7) is 4.17. The molecule has 3 saturated carbocycles. The van der Waals surface area contributed by atoms with Crippen molar-refractivity contribution >= 4 is 0 Å². The van der Waals surface area contributed by atoms with E-state index in [9.17, 15) is 13.9 Å². The number of aliphatic hydroxyl groups is 1. The molecule has 3 aliphatic rings. The van der Waals surface area contributed by atoms with Gasteiger partial charge in [-0.2, -0.15) is 0 Å². The summed E-state index contributed by atoms with van der Waals surface area (Å²) in [7, 11) is 0. The van der Waals surface area contributed by atoms with Crippen LogP contribution in [0.1, 0.15) is 84.5 Å². The van der Waals surface area contributed by atoms with Crippen LogP contribution in [0, 0.1) is 35.5 Å². The molecule has 0 radical (unpaired) electrons. The Balaban J connectivity index is 1.43. The summed E-state index contributed by atoms with van der Waals surface area (Å²) in [5.74, 6) is 2.07. The molecule has 0 bridgehead atoms. The third-order valence-corrected chi connectivity index (χ3v) is 7.89. The predicted molar refractivity (Wildman–Crippen MR) is 98.9 cm³/mol. The van der Waals surface area contributed by atoms with E-state index in [4.69, 9.17) is 0 Å². The quantitative estimate of drug-likeness (QED) is 0.646. The van der Waals surface area contributed by atoms with Gasteiger partial charge in [0.15, 0.2) is 0 Å². The first-order valence-electron chi connectivity index (χ1n) is 10.9. The second kappa shape index (κ2) is 8.67. The van der Waals surface area contributed by atoms with Gasteiger partial charge in [-0.3, -0.25) is 0 Å². The van der Waals surface area contributed by atoms with Gasteiger partial charge >= 0.3 is 0 Å². The minimum atomic E-state index is -1.27. The van der Waals surface area contributed by atoms with E-state index in [1.807, 2.05) is 6.92 Å². The molecule has 3 rings (SSSR count). The zero-order valence-electron chi connectivity index (χ0n) is 16.2. The predicted octanol–water partition coefficient (Wildman–Crippen LogP) is 6.09. The number of alkyl halides is 2. The van der Waals surface area contributed by atoms with Gasteiger partial charge in [-0.15, -0.1) is 0 Å². The van der Waals surface area contributed by atoms with Gasteiger partial charge in [0.1, 0.15) is 12.3 Å². The van der Waals surface area contributed by atoms with Crippen LogP contribution in [0.3, 0.4) is 0 Å². The van der Waals surface area contributed by atoms with Crippen molar-refractivity contribution in [3.8, 4) is 0 Å². The second-order valence-corrected chi connectivity index (χ2v) is 9.71. The van der Waals surface area contributed by atoms with Gasteiger partial charge in [-0.1, -0.05) is 39.5 Å². The van der Waals surface area contributed by atoms with Crippen molar-refractivity contribution < 1.29 is 13.9 Å². The highest BCUT2D eigenvalue weighted by atomic mass is 19.2. The molecule has 1 nitrogen and oxygen atoms in total. The number of hydrogen-bond donors (Lipinski definition) is 1. The maximum Gasteiger partial charge on any atom is 0.134 e. The van der Waals surface area contributed by atoms with Gasteiger partial charge in [-0.05, 0) is 80.5 Å². The van der Waals surface area contributed by atoms with Crippen LogP contribution in [-0.2, 0) is 0 Å². The molecule has 0 heterocycles. The third kappa shape index (κ3) is 4.76. The summed E-state index contributed by atoms with van der Waals surface area (Å²) >= 11 is 0. The fourth-order valence-corrected chi connectivity index (χ4v) is 5.88. The standard InChI is InChI=1S/C22H38F2O/c1-14-3-6-16(7-4-14)13-20(25)18-10-8-17(9-11-18)19-12-5-15(2)21(23)22(19)24/h14-22,25H,3-13H2,1-2H3. The lowest BCUT2D eigenvalue weighted by Crippen LogP contribution is -2.41. The molecule has 5 unspecified atom stereocenters. The van der Waals surface area contributed by atoms with Crippen LogP contribution < -0.4 is 0 Å². The highest BCUT2D eigenvalue weighted by Crippen LogP contribution is 2.45. The van der Waals surface area contributed by atoms with Gasteiger partial charge in [0.25, 0.3) is 0 Å². The Hall–Kier alpha value is -0.180. The zero-order valence-corrected chi connectivity index (χ0v) is 16.2. The molecular weight excluding hydrogens is 318 g/mol. The van der Waals surface area contributed by atoms with Crippen molar-refractivity contribution in [3.05, 3.63) is 0 Å². The molecule has 3 fully saturated rings. The normalized spacial score (nSPS) is 47.4. The van der Waals surface area contributed by atoms with Crippen LogP contribution in [0.5, 0.6) is 0 Å². The maximum atomic E-state index is 14.4. The van der Waals surface area contributed by atoms with E-state index in [2.05, 4.69) is 6.92 Å². The van der Waals surface area contributed by atoms with E-state index >= 15 is 0 Å². The van der Waals surface area contributed by atoms with Crippen molar-refractivity contribution in [3.63, 3.8) is 0 Å². The summed E-state index contributed by atoms with van der Waals surface area (Å²) < 4.78 is 28.5. The van der Waals surface area contributed by atoms with Crippen LogP contribution in [0.15, 0.2) is 0 Å². The molecule has 3 aliphatic carbocycles. The molecule has 25 heavy (non-hydrogen) atoms. The zero-order chi connectivity index (χ0) is 18.0. The van der Waals surface area contributed by atoms with Crippen molar-refractivity contribution in [2.45, 2.75) is 103 Å². The van der Waals surface area contributed by atoms with Gasteiger partial charge in [0, 0.05) is 0 Å². The monoisotopic (exact) mass is 356 g/mol. The summed E-state index contributed by atoms with van der Waals surface area (Å²) in [5, 5.41) is 10.7. The molecule has 0 spiro atoms. The summed E-state index contributed by atoms with van der Waals surface area (Å²) in [4.78, 5) is 0. The summed E-state index contributed by atoms with van der Waals surface area (Å²) in [6, 6.07) is 0. The molecule has 5 atom stereocenters. The fraction of sp³-hybridized carbons (Fsp3) is 1.00. The Morgan fingerprint density at radius 1 is 0.800 bits per heavy atom. The summed E-state index contributed by atoms with van der Waals surface area (Å²) in [5.41, 5.74) is 0. The van der Waals surface area contributed by atoms with Gasteiger partial charge in [0.2, 0.25) is 0 Å². The number of aliphatic hydroxyl groups excluding tert-OH is 1. The Morgan fingerprint density at radius 3 is 2.08 bits per heavy atom. The van der Waals surface area contributed by atoms with E-state index < -0.39 is 12.3 Å². The first-order valence-corrected chi connectivity index (χ1v) is 10.9. The lowest BCUT2D eigenvalue weighted by Gasteiger charge is -2.41. The lowest BCUT2D eigenvalue weighted by atomic mass is 9.67. The van der Waals surface area contributed by atoms with Gasteiger partial charge in [0.05, 0.1) is 6.10 Å². The Morgan fingerprint density at radius 2 is 1.44 bits per heavy atom. The molecule has 0 aromatic carbocycles. The van der Waals surface area contributed by atoms with Crippen LogP contribution in [-0.4, -0.2) is 23.6 Å². The average Bonchev–Trinajstić information content (AvgIpc) is 2.62. The van der Waals surface area contributed by atoms with E-state index in [1.165, 1.54) is 25.7 Å². The van der Waals surface area contributed by atoms with Crippen LogP contribution in [0.2, 0.25) is 0 Å². The molecule has 0 aromatic heterocycles. The van der Waals surface area contributed by atoms with E-state index in [0.717, 1.165) is 50.9 Å². The Bertz CT molecular complexity index is 399. The third-order valence-electron chi connectivity index (χ3n) is 7.89. The van der Waals surface area contributed by atoms with Crippen LogP contribution >= 0.6 is 0 Å². The molecule has 0 amide bonds. The molecule has 3 heteroatoms. The van der Waals surface area contributed by atoms with Crippen molar-refractivity contribution in [1.29, 1.82) is 0 Å². The SMILES string of the molecule is CC1CCC(CC(O)C2CCC(C3CCC(C)C(F)C3F)CC2)CC1. The van der Waals surface area contributed by atoms with E-state index in [-0.39, 0.29) is 17.9 Å². The van der Waals surface area contributed by atoms with Gasteiger partial charge < -0.3 is 5.11 Å². The smallest absolute Gasteiger partial charge is 0.134 e. The molecule has 1 N–H and O–H groups in total. The summed E-state index contributed by atoms with van der Waals surface area (Å²) in [6.07, 6.45) is 9.07. The minimum Gasteiger partial charge on any atom is -0.393 e. The first-order chi connectivity index (χ1) is 12.0. The van der Waals surface area contributed by atoms with E-state index in [1.54, 1.807) is 0 Å². The van der Waals surface area contributed by atoms with Crippen molar-refractivity contribution in [2.24, 2.45) is 35.5 Å². The second-order valence-electron chi connectivity index (χ2n) is 9.71. The van der Waals surface area contributed by atoms with Crippen LogP contribution in [0.25, 0.3) is 0 Å². The average molecular weight is 357 g/mol. The van der Waals surface area contributed by atoms with E-state index in [0.29, 0.717) is 17.8 Å². The highest BCUT2D eigenvalue weighted by molar-refractivity contribution is 4.92. The largest absolute Gasteiger partial charge is 0.393 e. The minimum absolute atomic E-state index is 0.0795. The first kappa shape index (κ1) is 19.6. The topological polar surface area (TPSA) is 20.2 Å². The van der Waals surface area contributed by atoms with Gasteiger partial charge in [-0.25, -0.2) is 8.78 Å². The maximum absolute atomic E-state index is 14.4. The van der Waals surface area contributed by atoms with Crippen molar-refractivity contribution in [2.75, 3.05) is 0 Å². The molecule has 146 valence electrons. The Kier molecular flexibility index (Phi) is 6.79. The number of rotatable bonds is 4. The lowest BCUT2D eigenvalue weighted by molar-refractivity contribution is -0.0175. The number of halogens is 2.